The molecule has 0 spiro atoms. The number of aliphatic carboxylic acids is 1. The standard InChI is InChI=1S/C16H22O4/c1-16(2,9-14(17)18)12-5-4-6-13(19-3)15(12)20-10-11-7-8-11/h4-6,11H,7-10H2,1-3H3,(H,17,18). The van der Waals surface area contributed by atoms with Gasteiger partial charge in [-0.2, -0.15) is 0 Å². The maximum atomic E-state index is 11.1. The van der Waals surface area contributed by atoms with Gasteiger partial charge in [0.05, 0.1) is 20.1 Å². The van der Waals surface area contributed by atoms with Crippen LogP contribution in [-0.2, 0) is 10.2 Å². The van der Waals surface area contributed by atoms with Gasteiger partial charge in [0.15, 0.2) is 11.5 Å². The molecule has 0 bridgehead atoms. The van der Waals surface area contributed by atoms with Gasteiger partial charge in [-0.15, -0.1) is 0 Å². The Hall–Kier alpha value is -1.71. The number of carboxylic acid groups (broad SMARTS) is 1. The molecule has 0 heterocycles. The molecule has 2 rings (SSSR count). The second-order valence-electron chi connectivity index (χ2n) is 6.05. The third kappa shape index (κ3) is 3.44. The first-order valence-electron chi connectivity index (χ1n) is 6.96. The number of para-hydroxylation sites is 1. The third-order valence-corrected chi connectivity index (χ3v) is 3.68. The van der Waals surface area contributed by atoms with Crippen LogP contribution in [0.5, 0.6) is 11.5 Å². The zero-order valence-electron chi connectivity index (χ0n) is 12.3. The molecule has 0 amide bonds. The Balaban J connectivity index is 2.31. The average Bonchev–Trinajstić information content (AvgIpc) is 3.18. The lowest BCUT2D eigenvalue weighted by Crippen LogP contribution is -2.23. The maximum absolute atomic E-state index is 11.1. The predicted molar refractivity (Wildman–Crippen MR) is 76.5 cm³/mol. The van der Waals surface area contributed by atoms with Crippen molar-refractivity contribution >= 4 is 5.97 Å². The Kier molecular flexibility index (Phi) is 4.21. The first-order valence-corrected chi connectivity index (χ1v) is 6.96. The Morgan fingerprint density at radius 1 is 1.40 bits per heavy atom. The quantitative estimate of drug-likeness (QED) is 0.832. The summed E-state index contributed by atoms with van der Waals surface area (Å²) in [5.74, 6) is 1.18. The molecule has 1 aliphatic carbocycles. The van der Waals surface area contributed by atoms with Crippen LogP contribution in [0.3, 0.4) is 0 Å². The SMILES string of the molecule is COc1cccc(C(C)(C)CC(=O)O)c1OCC1CC1. The Bertz CT molecular complexity index is 489. The van der Waals surface area contributed by atoms with Crippen molar-refractivity contribution in [2.75, 3.05) is 13.7 Å². The Labute approximate surface area is 119 Å². The van der Waals surface area contributed by atoms with E-state index in [0.29, 0.717) is 24.0 Å². The van der Waals surface area contributed by atoms with E-state index in [4.69, 9.17) is 14.6 Å². The lowest BCUT2D eigenvalue weighted by molar-refractivity contribution is -0.138. The topological polar surface area (TPSA) is 55.8 Å². The smallest absolute Gasteiger partial charge is 0.304 e. The first-order chi connectivity index (χ1) is 9.44. The van der Waals surface area contributed by atoms with Crippen molar-refractivity contribution in [1.29, 1.82) is 0 Å². The van der Waals surface area contributed by atoms with Crippen LogP contribution >= 0.6 is 0 Å². The van der Waals surface area contributed by atoms with Gasteiger partial charge in [0, 0.05) is 11.0 Å². The van der Waals surface area contributed by atoms with E-state index in [-0.39, 0.29) is 6.42 Å². The largest absolute Gasteiger partial charge is 0.493 e. The van der Waals surface area contributed by atoms with E-state index < -0.39 is 11.4 Å². The molecule has 0 aliphatic heterocycles. The zero-order valence-corrected chi connectivity index (χ0v) is 12.3. The van der Waals surface area contributed by atoms with Crippen molar-refractivity contribution in [3.63, 3.8) is 0 Å². The van der Waals surface area contributed by atoms with Crippen molar-refractivity contribution in [2.45, 2.75) is 38.5 Å². The Morgan fingerprint density at radius 3 is 2.65 bits per heavy atom. The van der Waals surface area contributed by atoms with Crippen molar-refractivity contribution in [2.24, 2.45) is 5.92 Å². The summed E-state index contributed by atoms with van der Waals surface area (Å²) in [6.07, 6.45) is 2.48. The highest BCUT2D eigenvalue weighted by molar-refractivity contribution is 5.69. The monoisotopic (exact) mass is 278 g/mol. The second-order valence-corrected chi connectivity index (χ2v) is 6.05. The highest BCUT2D eigenvalue weighted by Gasteiger charge is 2.30. The molecule has 0 saturated heterocycles. The van der Waals surface area contributed by atoms with Crippen LogP contribution in [0.1, 0.15) is 38.7 Å². The molecule has 0 atom stereocenters. The number of hydrogen-bond acceptors (Lipinski definition) is 3. The van der Waals surface area contributed by atoms with Crippen molar-refractivity contribution in [3.8, 4) is 11.5 Å². The molecule has 4 heteroatoms. The zero-order chi connectivity index (χ0) is 14.8. The molecule has 4 nitrogen and oxygen atoms in total. The van der Waals surface area contributed by atoms with Gasteiger partial charge in [0.2, 0.25) is 0 Å². The van der Waals surface area contributed by atoms with Crippen molar-refractivity contribution in [1.82, 2.24) is 0 Å². The van der Waals surface area contributed by atoms with Gasteiger partial charge >= 0.3 is 5.97 Å². The summed E-state index contributed by atoms with van der Waals surface area (Å²) < 4.78 is 11.3. The maximum Gasteiger partial charge on any atom is 0.304 e. The molecule has 1 saturated carbocycles. The summed E-state index contributed by atoms with van der Waals surface area (Å²) in [7, 11) is 1.60. The molecule has 1 N–H and O–H groups in total. The van der Waals surface area contributed by atoms with E-state index in [1.54, 1.807) is 7.11 Å². The van der Waals surface area contributed by atoms with E-state index in [0.717, 1.165) is 5.56 Å². The van der Waals surface area contributed by atoms with Crippen molar-refractivity contribution in [3.05, 3.63) is 23.8 Å². The molecule has 1 aromatic rings. The molecule has 0 aromatic heterocycles. The highest BCUT2D eigenvalue weighted by atomic mass is 16.5. The minimum atomic E-state index is -0.814. The van der Waals surface area contributed by atoms with Gasteiger partial charge in [-0.25, -0.2) is 0 Å². The summed E-state index contributed by atoms with van der Waals surface area (Å²) in [4.78, 5) is 11.1. The fraction of sp³-hybridized carbons (Fsp3) is 0.562. The van der Waals surface area contributed by atoms with E-state index in [2.05, 4.69) is 0 Å². The molecule has 1 aliphatic rings. The molecule has 1 fully saturated rings. The lowest BCUT2D eigenvalue weighted by atomic mass is 9.81. The van der Waals surface area contributed by atoms with Gasteiger partial charge in [-0.05, 0) is 24.8 Å². The number of carboxylic acids is 1. The average molecular weight is 278 g/mol. The minimum Gasteiger partial charge on any atom is -0.493 e. The molecule has 0 radical (unpaired) electrons. The third-order valence-electron chi connectivity index (χ3n) is 3.68. The summed E-state index contributed by atoms with van der Waals surface area (Å²) in [5.41, 5.74) is 0.388. The molecule has 0 unspecified atom stereocenters. The van der Waals surface area contributed by atoms with Crippen LogP contribution in [0.25, 0.3) is 0 Å². The second kappa shape index (κ2) is 5.73. The first kappa shape index (κ1) is 14.7. The minimum absolute atomic E-state index is 0.0555. The van der Waals surface area contributed by atoms with E-state index in [1.165, 1.54) is 12.8 Å². The number of ether oxygens (including phenoxy) is 2. The molecule has 110 valence electrons. The summed E-state index contributed by atoms with van der Waals surface area (Å²) in [5, 5.41) is 9.08. The number of benzene rings is 1. The van der Waals surface area contributed by atoms with E-state index in [1.807, 2.05) is 32.0 Å². The van der Waals surface area contributed by atoms with Gasteiger partial charge in [-0.1, -0.05) is 26.0 Å². The van der Waals surface area contributed by atoms with Gasteiger partial charge in [0.25, 0.3) is 0 Å². The number of hydrogen-bond donors (Lipinski definition) is 1. The number of carbonyl (C=O) groups is 1. The van der Waals surface area contributed by atoms with Crippen LogP contribution in [0.4, 0.5) is 0 Å². The van der Waals surface area contributed by atoms with Gasteiger partial charge in [-0.3, -0.25) is 4.79 Å². The normalized spacial score (nSPS) is 14.9. The van der Waals surface area contributed by atoms with Crippen molar-refractivity contribution < 1.29 is 19.4 Å². The molecule has 20 heavy (non-hydrogen) atoms. The fourth-order valence-corrected chi connectivity index (χ4v) is 2.32. The molecular formula is C16H22O4. The summed E-state index contributed by atoms with van der Waals surface area (Å²) >= 11 is 0. The van der Waals surface area contributed by atoms with Crippen LogP contribution in [0.2, 0.25) is 0 Å². The molecule has 1 aromatic carbocycles. The van der Waals surface area contributed by atoms with Crippen LogP contribution in [-0.4, -0.2) is 24.8 Å². The summed E-state index contributed by atoms with van der Waals surface area (Å²) in [6.45, 7) is 4.51. The lowest BCUT2D eigenvalue weighted by Gasteiger charge is -2.27. The predicted octanol–water partition coefficient (Wildman–Crippen LogP) is 3.24. The van der Waals surface area contributed by atoms with Gasteiger partial charge < -0.3 is 14.6 Å². The highest BCUT2D eigenvalue weighted by Crippen LogP contribution is 2.41. The van der Waals surface area contributed by atoms with Crippen LogP contribution in [0.15, 0.2) is 18.2 Å². The molecular weight excluding hydrogens is 256 g/mol. The fourth-order valence-electron chi connectivity index (χ4n) is 2.32. The van der Waals surface area contributed by atoms with Gasteiger partial charge in [0.1, 0.15) is 0 Å². The van der Waals surface area contributed by atoms with E-state index in [9.17, 15) is 4.79 Å². The van der Waals surface area contributed by atoms with Crippen LogP contribution < -0.4 is 9.47 Å². The number of methoxy groups -OCH3 is 1. The van der Waals surface area contributed by atoms with Crippen LogP contribution in [0, 0.1) is 5.92 Å². The van der Waals surface area contributed by atoms with E-state index >= 15 is 0 Å². The Morgan fingerprint density at radius 2 is 2.10 bits per heavy atom. The summed E-state index contributed by atoms with van der Waals surface area (Å²) in [6, 6.07) is 5.65. The number of rotatable bonds is 7.